The Balaban J connectivity index is 1.16. The van der Waals surface area contributed by atoms with Gasteiger partial charge in [-0.3, -0.25) is 9.59 Å². The van der Waals surface area contributed by atoms with Crippen LogP contribution in [0.5, 0.6) is 0 Å². The van der Waals surface area contributed by atoms with Gasteiger partial charge in [-0.2, -0.15) is 13.2 Å². The fourth-order valence-corrected chi connectivity index (χ4v) is 8.80. The quantitative estimate of drug-likeness (QED) is 0.171. The molecule has 270 valence electrons. The van der Waals surface area contributed by atoms with E-state index in [-0.39, 0.29) is 19.1 Å². The molecular formula is C35H42F3N5O6S. The van der Waals surface area contributed by atoms with Crippen molar-refractivity contribution in [1.29, 1.82) is 0 Å². The van der Waals surface area contributed by atoms with Crippen LogP contribution < -0.4 is 20.7 Å². The maximum atomic E-state index is 14.1. The van der Waals surface area contributed by atoms with E-state index in [1.807, 2.05) is 24.3 Å². The third-order valence-corrected chi connectivity index (χ3v) is 11.6. The second-order valence-corrected chi connectivity index (χ2v) is 15.9. The van der Waals surface area contributed by atoms with Crippen LogP contribution in [-0.2, 0) is 30.8 Å². The lowest BCUT2D eigenvalue weighted by atomic mass is 9.55. The van der Waals surface area contributed by atoms with Crippen molar-refractivity contribution in [2.75, 3.05) is 13.1 Å². The summed E-state index contributed by atoms with van der Waals surface area (Å²) in [7, 11) is -5.61. The number of hydrogen-bond acceptors (Lipinski definition) is 6. The molecule has 4 fully saturated rings. The minimum atomic E-state index is -5.61. The van der Waals surface area contributed by atoms with Gasteiger partial charge in [-0.25, -0.2) is 17.9 Å². The van der Waals surface area contributed by atoms with Crippen molar-refractivity contribution in [3.63, 3.8) is 0 Å². The lowest BCUT2D eigenvalue weighted by Crippen LogP contribution is -2.60. The summed E-state index contributed by atoms with van der Waals surface area (Å²) in [6, 6.07) is 15.4. The summed E-state index contributed by atoms with van der Waals surface area (Å²) < 4.78 is 68.2. The Labute approximate surface area is 288 Å². The number of benzene rings is 2. The van der Waals surface area contributed by atoms with Gasteiger partial charge in [0.2, 0.25) is 11.8 Å². The Kier molecular flexibility index (Phi) is 10.2. The molecule has 1 aromatic heterocycles. The number of H-pyrrole nitrogens is 1. The number of alkyl carbamates (subject to hydrolysis) is 1. The number of ether oxygens (including phenoxy) is 1. The molecule has 2 atom stereocenters. The normalized spacial score (nSPS) is 24.7. The van der Waals surface area contributed by atoms with E-state index in [1.165, 1.54) is 11.1 Å². The zero-order valence-corrected chi connectivity index (χ0v) is 28.4. The number of aromatic nitrogens is 1. The number of nitrogens with one attached hydrogen (secondary N) is 5. The van der Waals surface area contributed by atoms with Crippen LogP contribution >= 0.6 is 0 Å². The number of sulfonamides is 1. The summed E-state index contributed by atoms with van der Waals surface area (Å²) in [5.74, 6) is 0.755. The lowest BCUT2D eigenvalue weighted by Gasteiger charge is -2.53. The van der Waals surface area contributed by atoms with Crippen molar-refractivity contribution in [3.05, 3.63) is 71.9 Å². The number of aromatic amines is 1. The predicted molar refractivity (Wildman–Crippen MR) is 179 cm³/mol. The van der Waals surface area contributed by atoms with Gasteiger partial charge in [-0.15, -0.1) is 0 Å². The summed E-state index contributed by atoms with van der Waals surface area (Å²) in [5, 5.41) is 9.30. The Hall–Kier alpha value is -4.11. The van der Waals surface area contributed by atoms with Crippen LogP contribution in [0.25, 0.3) is 10.9 Å². The number of halogens is 3. The molecule has 4 saturated carbocycles. The van der Waals surface area contributed by atoms with E-state index < -0.39 is 58.0 Å². The minimum Gasteiger partial charge on any atom is -0.446 e. The summed E-state index contributed by atoms with van der Waals surface area (Å²) >= 11 is 0. The van der Waals surface area contributed by atoms with E-state index in [0.29, 0.717) is 29.2 Å². The van der Waals surface area contributed by atoms with Crippen molar-refractivity contribution in [3.8, 4) is 0 Å². The van der Waals surface area contributed by atoms with Gasteiger partial charge in [0.1, 0.15) is 11.6 Å². The molecule has 4 bridgehead atoms. The van der Waals surface area contributed by atoms with Crippen LogP contribution in [0.15, 0.2) is 60.8 Å². The van der Waals surface area contributed by atoms with Crippen LogP contribution in [0.2, 0.25) is 0 Å². The largest absolute Gasteiger partial charge is 0.511 e. The maximum absolute atomic E-state index is 14.1. The van der Waals surface area contributed by atoms with E-state index in [1.54, 1.807) is 43.5 Å². The van der Waals surface area contributed by atoms with E-state index in [4.69, 9.17) is 4.74 Å². The first-order valence-corrected chi connectivity index (χ1v) is 18.4. The van der Waals surface area contributed by atoms with Crippen molar-refractivity contribution in [2.45, 2.75) is 75.1 Å². The maximum Gasteiger partial charge on any atom is 0.511 e. The SMILES string of the molecule is CC(Cc1c[nH]c2ccccc12)(NC(=O)OC1C2CC3CC(C2)CC1C3)C(=O)NC[C@@H](NC(=O)CCNS(=O)(=O)C(F)(F)F)c1ccccc1. The molecule has 3 amide bonds. The molecule has 11 nitrogen and oxygen atoms in total. The Bertz CT molecular complexity index is 1790. The number of carbonyl (C=O) groups is 3. The molecule has 4 aliphatic carbocycles. The molecule has 4 aliphatic rings. The number of fused-ring (bicyclic) bond motifs is 1. The average Bonchev–Trinajstić information content (AvgIpc) is 3.46. The van der Waals surface area contributed by atoms with Gasteiger partial charge in [-0.1, -0.05) is 48.5 Å². The van der Waals surface area contributed by atoms with E-state index >= 15 is 0 Å². The van der Waals surface area contributed by atoms with E-state index in [0.717, 1.165) is 42.1 Å². The molecule has 0 aliphatic heterocycles. The number of rotatable bonds is 13. The molecule has 0 radical (unpaired) electrons. The number of carbonyl (C=O) groups excluding carboxylic acids is 3. The fraction of sp³-hybridized carbons (Fsp3) is 0.514. The zero-order valence-electron chi connectivity index (χ0n) is 27.6. The summed E-state index contributed by atoms with van der Waals surface area (Å²) in [4.78, 5) is 43.7. The first-order valence-electron chi connectivity index (χ1n) is 16.9. The molecule has 0 saturated heterocycles. The zero-order chi connectivity index (χ0) is 35.7. The van der Waals surface area contributed by atoms with Crippen LogP contribution in [-0.4, -0.2) is 61.6 Å². The fourth-order valence-electron chi connectivity index (χ4n) is 8.26. The Morgan fingerprint density at radius 3 is 2.24 bits per heavy atom. The third-order valence-electron chi connectivity index (χ3n) is 10.4. The van der Waals surface area contributed by atoms with Gasteiger partial charge in [-0.05, 0) is 79.9 Å². The highest BCUT2D eigenvalue weighted by molar-refractivity contribution is 7.90. The highest BCUT2D eigenvalue weighted by atomic mass is 32.2. The summed E-state index contributed by atoms with van der Waals surface area (Å²) in [6.07, 6.45) is 5.94. The smallest absolute Gasteiger partial charge is 0.446 e. The topological polar surface area (TPSA) is 158 Å². The lowest BCUT2D eigenvalue weighted by molar-refractivity contribution is -0.128. The molecule has 2 aromatic carbocycles. The van der Waals surface area contributed by atoms with Gasteiger partial charge in [0.25, 0.3) is 0 Å². The molecule has 1 heterocycles. The van der Waals surface area contributed by atoms with Crippen molar-refractivity contribution in [2.24, 2.45) is 23.7 Å². The molecule has 7 rings (SSSR count). The second-order valence-electron chi connectivity index (χ2n) is 14.1. The van der Waals surface area contributed by atoms with Crippen molar-refractivity contribution in [1.82, 2.24) is 25.7 Å². The Morgan fingerprint density at radius 1 is 0.940 bits per heavy atom. The minimum absolute atomic E-state index is 0.112. The highest BCUT2D eigenvalue weighted by Crippen LogP contribution is 2.54. The predicted octanol–water partition coefficient (Wildman–Crippen LogP) is 4.82. The molecule has 0 spiro atoms. The van der Waals surface area contributed by atoms with Crippen LogP contribution in [0.4, 0.5) is 18.0 Å². The molecule has 3 aromatic rings. The summed E-state index contributed by atoms with van der Waals surface area (Å²) in [6.45, 7) is 0.698. The molecule has 15 heteroatoms. The standard InChI is InChI=1S/C35H42F3N5O6S/c1-34(18-26-19-39-28-10-6-5-9-27(26)28,43-33(46)49-31-24-14-21-13-22(16-24)17-25(31)15-21)32(45)40-20-29(23-7-3-2-4-8-23)42-30(44)11-12-41-50(47,48)35(36,37)38/h2-10,19,21-22,24-25,29,31,39,41H,11-18,20H2,1H3,(H,40,45)(H,42,44)(H,43,46)/t21?,22?,24?,25?,29-,31?,34?/m1/s1. The summed E-state index contributed by atoms with van der Waals surface area (Å²) in [5.41, 5.74) is -4.75. The van der Waals surface area contributed by atoms with Gasteiger partial charge >= 0.3 is 21.6 Å². The number of para-hydroxylation sites is 1. The van der Waals surface area contributed by atoms with Gasteiger partial charge in [0.05, 0.1) is 6.04 Å². The number of amides is 3. The van der Waals surface area contributed by atoms with Crippen LogP contribution in [0, 0.1) is 23.7 Å². The van der Waals surface area contributed by atoms with Crippen molar-refractivity contribution >= 4 is 38.8 Å². The highest BCUT2D eigenvalue weighted by Gasteiger charge is 2.50. The van der Waals surface area contributed by atoms with Crippen molar-refractivity contribution < 1.29 is 40.7 Å². The van der Waals surface area contributed by atoms with Crippen LogP contribution in [0.3, 0.4) is 0 Å². The van der Waals surface area contributed by atoms with E-state index in [9.17, 15) is 36.0 Å². The molecule has 1 unspecified atom stereocenters. The monoisotopic (exact) mass is 717 g/mol. The van der Waals surface area contributed by atoms with Gasteiger partial charge in [0, 0.05) is 43.0 Å². The van der Waals surface area contributed by atoms with Gasteiger partial charge in [0.15, 0.2) is 0 Å². The second kappa shape index (κ2) is 14.3. The third kappa shape index (κ3) is 7.93. The number of alkyl halides is 3. The van der Waals surface area contributed by atoms with Crippen LogP contribution in [0.1, 0.15) is 62.6 Å². The van der Waals surface area contributed by atoms with E-state index in [2.05, 4.69) is 20.9 Å². The first kappa shape index (κ1) is 35.7. The van der Waals surface area contributed by atoms with Gasteiger partial charge < -0.3 is 25.7 Å². The average molecular weight is 718 g/mol. The molecule has 5 N–H and O–H groups in total. The molecule has 50 heavy (non-hydrogen) atoms. The first-order chi connectivity index (χ1) is 23.7. The molecular weight excluding hydrogens is 675 g/mol. The number of hydrogen-bond donors (Lipinski definition) is 5. The Morgan fingerprint density at radius 2 is 1.58 bits per heavy atom.